The number of anilines is 1. The van der Waals surface area contributed by atoms with Gasteiger partial charge in [0.05, 0.1) is 11.2 Å². The second-order valence-electron chi connectivity index (χ2n) is 6.18. The third-order valence-electron chi connectivity index (χ3n) is 4.78. The first-order valence-electron chi connectivity index (χ1n) is 8.18. The van der Waals surface area contributed by atoms with Crippen LogP contribution in [0.15, 0.2) is 42.9 Å². The average molecular weight is 322 g/mol. The Bertz CT molecular complexity index is 849. The molecule has 7 heteroatoms. The van der Waals surface area contributed by atoms with E-state index in [2.05, 4.69) is 25.8 Å². The lowest BCUT2D eigenvalue weighted by Crippen LogP contribution is -2.47. The van der Waals surface area contributed by atoms with Gasteiger partial charge in [-0.2, -0.15) is 0 Å². The summed E-state index contributed by atoms with van der Waals surface area (Å²) in [7, 11) is 0. The summed E-state index contributed by atoms with van der Waals surface area (Å²) in [5.41, 5.74) is 0.908. The van der Waals surface area contributed by atoms with E-state index in [9.17, 15) is 4.79 Å². The maximum absolute atomic E-state index is 13.2. The number of tetrazole rings is 1. The molecule has 1 N–H and O–H groups in total. The summed E-state index contributed by atoms with van der Waals surface area (Å²) < 4.78 is 1.62. The number of nitrogens with one attached hydrogen (secondary N) is 1. The maximum atomic E-state index is 13.2. The molecule has 0 saturated heterocycles. The van der Waals surface area contributed by atoms with Gasteiger partial charge in [-0.15, -0.1) is 5.10 Å². The number of aromatic nitrogens is 5. The number of amides is 1. The molecule has 0 atom stereocenters. The molecule has 1 aromatic carbocycles. The van der Waals surface area contributed by atoms with Crippen molar-refractivity contribution >= 4 is 22.5 Å². The fraction of sp³-hybridized carbons (Fsp3) is 0.353. The Kier molecular flexibility index (Phi) is 3.68. The van der Waals surface area contributed by atoms with Crippen molar-refractivity contribution in [2.45, 2.75) is 37.6 Å². The normalized spacial score (nSPS) is 16.8. The Morgan fingerprint density at radius 1 is 1.12 bits per heavy atom. The van der Waals surface area contributed by atoms with Gasteiger partial charge in [-0.1, -0.05) is 25.3 Å². The summed E-state index contributed by atoms with van der Waals surface area (Å²) in [6.45, 7) is 0. The lowest BCUT2D eigenvalue weighted by molar-refractivity contribution is -0.126. The van der Waals surface area contributed by atoms with Gasteiger partial charge in [0.2, 0.25) is 0 Å². The van der Waals surface area contributed by atoms with Gasteiger partial charge in [0.15, 0.2) is 0 Å². The van der Waals surface area contributed by atoms with Gasteiger partial charge in [0.1, 0.15) is 11.9 Å². The minimum atomic E-state index is -0.716. The predicted octanol–water partition coefficient (Wildman–Crippen LogP) is 2.52. The van der Waals surface area contributed by atoms with Crippen molar-refractivity contribution in [3.63, 3.8) is 0 Å². The Morgan fingerprint density at radius 3 is 2.79 bits per heavy atom. The molecule has 1 fully saturated rings. The standard InChI is InChI=1S/C17H18N6O/c24-16(17(9-2-1-3-10-17)23-12-19-21-22-23)20-15-8-4-7-14-13(15)6-5-11-18-14/h4-8,11-12H,1-3,9-10H2,(H,20,24). The molecule has 1 amide bonds. The number of carbonyl (C=O) groups is 1. The zero-order valence-electron chi connectivity index (χ0n) is 13.2. The van der Waals surface area contributed by atoms with Crippen LogP contribution in [-0.4, -0.2) is 31.1 Å². The highest BCUT2D eigenvalue weighted by Crippen LogP contribution is 2.36. The molecule has 1 saturated carbocycles. The smallest absolute Gasteiger partial charge is 0.252 e. The van der Waals surface area contributed by atoms with Crippen LogP contribution in [0.5, 0.6) is 0 Å². The van der Waals surface area contributed by atoms with Crippen molar-refractivity contribution in [1.82, 2.24) is 25.2 Å². The second-order valence-corrected chi connectivity index (χ2v) is 6.18. The van der Waals surface area contributed by atoms with Gasteiger partial charge in [-0.3, -0.25) is 9.78 Å². The summed E-state index contributed by atoms with van der Waals surface area (Å²) in [4.78, 5) is 17.5. The molecular weight excluding hydrogens is 304 g/mol. The first-order chi connectivity index (χ1) is 11.8. The molecule has 0 unspecified atom stereocenters. The van der Waals surface area contributed by atoms with Gasteiger partial charge >= 0.3 is 0 Å². The third-order valence-corrected chi connectivity index (χ3v) is 4.78. The molecule has 2 aromatic heterocycles. The van der Waals surface area contributed by atoms with Crippen LogP contribution in [0.1, 0.15) is 32.1 Å². The molecule has 1 aliphatic carbocycles. The maximum Gasteiger partial charge on any atom is 0.252 e. The van der Waals surface area contributed by atoms with Gasteiger partial charge in [-0.05, 0) is 47.5 Å². The number of rotatable bonds is 3. The summed E-state index contributed by atoms with van der Waals surface area (Å²) in [6, 6.07) is 9.56. The van der Waals surface area contributed by atoms with Crippen LogP contribution in [0.3, 0.4) is 0 Å². The number of hydrogen-bond donors (Lipinski definition) is 1. The van der Waals surface area contributed by atoms with Crippen molar-refractivity contribution in [2.75, 3.05) is 5.32 Å². The van der Waals surface area contributed by atoms with E-state index in [1.807, 2.05) is 30.3 Å². The Hall–Kier alpha value is -2.83. The minimum Gasteiger partial charge on any atom is -0.323 e. The first kappa shape index (κ1) is 14.7. The Labute approximate surface area is 139 Å². The molecule has 0 radical (unpaired) electrons. The summed E-state index contributed by atoms with van der Waals surface area (Å²) in [5, 5.41) is 15.5. The number of hydrogen-bond acceptors (Lipinski definition) is 5. The summed E-state index contributed by atoms with van der Waals surface area (Å²) in [5.74, 6) is -0.0640. The van der Waals surface area contributed by atoms with E-state index in [1.54, 1.807) is 10.9 Å². The third kappa shape index (κ3) is 2.42. The number of benzene rings is 1. The van der Waals surface area contributed by atoms with E-state index in [-0.39, 0.29) is 5.91 Å². The monoisotopic (exact) mass is 322 g/mol. The molecule has 122 valence electrons. The molecule has 0 spiro atoms. The Balaban J connectivity index is 1.71. The molecule has 2 heterocycles. The molecule has 0 bridgehead atoms. The fourth-order valence-electron chi connectivity index (χ4n) is 3.51. The van der Waals surface area contributed by atoms with Crippen LogP contribution in [-0.2, 0) is 10.3 Å². The first-order valence-corrected chi connectivity index (χ1v) is 8.18. The highest BCUT2D eigenvalue weighted by Gasteiger charge is 2.42. The van der Waals surface area contributed by atoms with Crippen LogP contribution in [0.2, 0.25) is 0 Å². The van der Waals surface area contributed by atoms with Gasteiger partial charge in [0.25, 0.3) is 5.91 Å². The fourth-order valence-corrected chi connectivity index (χ4v) is 3.51. The second kappa shape index (κ2) is 5.99. The SMILES string of the molecule is O=C(Nc1cccc2ncccc12)C1(n2cnnn2)CCCCC1. The van der Waals surface area contributed by atoms with Gasteiger partial charge < -0.3 is 5.32 Å². The van der Waals surface area contributed by atoms with E-state index in [1.165, 1.54) is 6.33 Å². The van der Waals surface area contributed by atoms with Crippen LogP contribution in [0.25, 0.3) is 10.9 Å². The highest BCUT2D eigenvalue weighted by molar-refractivity contribution is 6.03. The van der Waals surface area contributed by atoms with Gasteiger partial charge in [0, 0.05) is 11.6 Å². The molecule has 24 heavy (non-hydrogen) atoms. The molecule has 3 aromatic rings. The van der Waals surface area contributed by atoms with E-state index < -0.39 is 5.54 Å². The summed E-state index contributed by atoms with van der Waals surface area (Å²) >= 11 is 0. The van der Waals surface area contributed by atoms with E-state index >= 15 is 0 Å². The van der Waals surface area contributed by atoms with Crippen LogP contribution in [0, 0.1) is 0 Å². The lowest BCUT2D eigenvalue weighted by atomic mass is 9.81. The van der Waals surface area contributed by atoms with Crippen LogP contribution >= 0.6 is 0 Å². The molecular formula is C17H18N6O. The average Bonchev–Trinajstić information content (AvgIpc) is 3.18. The van der Waals surface area contributed by atoms with Crippen molar-refractivity contribution in [3.8, 4) is 0 Å². The Morgan fingerprint density at radius 2 is 2.00 bits per heavy atom. The van der Waals surface area contributed by atoms with Crippen molar-refractivity contribution in [1.29, 1.82) is 0 Å². The van der Waals surface area contributed by atoms with Crippen molar-refractivity contribution in [2.24, 2.45) is 0 Å². The van der Waals surface area contributed by atoms with Crippen molar-refractivity contribution < 1.29 is 4.79 Å². The molecule has 7 nitrogen and oxygen atoms in total. The number of fused-ring (bicyclic) bond motifs is 1. The number of nitrogens with zero attached hydrogens (tertiary/aromatic N) is 5. The quantitative estimate of drug-likeness (QED) is 0.801. The van der Waals surface area contributed by atoms with Gasteiger partial charge in [-0.25, -0.2) is 4.68 Å². The predicted molar refractivity (Wildman–Crippen MR) is 89.2 cm³/mol. The van der Waals surface area contributed by atoms with E-state index in [0.29, 0.717) is 0 Å². The zero-order valence-corrected chi connectivity index (χ0v) is 13.2. The van der Waals surface area contributed by atoms with Crippen LogP contribution < -0.4 is 5.32 Å². The highest BCUT2D eigenvalue weighted by atomic mass is 16.2. The lowest BCUT2D eigenvalue weighted by Gasteiger charge is -2.35. The zero-order chi connectivity index (χ0) is 16.4. The summed E-state index contributed by atoms with van der Waals surface area (Å²) in [6.07, 6.45) is 7.89. The van der Waals surface area contributed by atoms with Crippen molar-refractivity contribution in [3.05, 3.63) is 42.9 Å². The minimum absolute atomic E-state index is 0.0640. The molecule has 4 rings (SSSR count). The molecule has 1 aliphatic rings. The number of pyridine rings is 1. The van der Waals surface area contributed by atoms with E-state index in [4.69, 9.17) is 0 Å². The largest absolute Gasteiger partial charge is 0.323 e. The van der Waals surface area contributed by atoms with E-state index in [0.717, 1.165) is 48.7 Å². The van der Waals surface area contributed by atoms with Crippen LogP contribution in [0.4, 0.5) is 5.69 Å². The topological polar surface area (TPSA) is 85.6 Å². The number of carbonyl (C=O) groups excluding carboxylic acids is 1. The molecule has 0 aliphatic heterocycles.